The summed E-state index contributed by atoms with van der Waals surface area (Å²) in [4.78, 5) is 23.7. The van der Waals surface area contributed by atoms with Gasteiger partial charge in [-0.2, -0.15) is 5.10 Å². The number of nitrogens with zero attached hydrogens (tertiary/aromatic N) is 5. The van der Waals surface area contributed by atoms with Crippen LogP contribution in [0.5, 0.6) is 0 Å². The highest BCUT2D eigenvalue weighted by atomic mass is 16.5. The van der Waals surface area contributed by atoms with Gasteiger partial charge in [0.2, 0.25) is 0 Å². The average Bonchev–Trinajstić information content (AvgIpc) is 3.47. The summed E-state index contributed by atoms with van der Waals surface area (Å²) in [5.41, 5.74) is 5.50. The smallest absolute Gasteiger partial charge is 0.255 e. The molecule has 1 aliphatic rings. The van der Waals surface area contributed by atoms with Crippen molar-refractivity contribution in [3.8, 4) is 22.3 Å². The fourth-order valence-corrected chi connectivity index (χ4v) is 4.09. The topological polar surface area (TPSA) is 73.1 Å². The summed E-state index contributed by atoms with van der Waals surface area (Å²) in [5.74, 6) is -0.0105. The standard InChI is InChI=1S/C24H23N5O2/c1-28-14-19(11-27-28)16-3-5-17(6-4-16)22-12-25-13-23-21(22)9-18(10-26-23)24(30)29-8-7-20(15-29)31-2/h3-6,9-14,20H,7-8,15H2,1-2H3. The molecule has 4 aromatic rings. The van der Waals surface area contributed by atoms with Gasteiger partial charge in [0.1, 0.15) is 0 Å². The van der Waals surface area contributed by atoms with Crippen molar-refractivity contribution in [1.82, 2.24) is 24.6 Å². The molecule has 7 heteroatoms. The largest absolute Gasteiger partial charge is 0.380 e. The monoisotopic (exact) mass is 413 g/mol. The van der Waals surface area contributed by atoms with Crippen molar-refractivity contribution in [2.24, 2.45) is 7.05 Å². The molecular formula is C24H23N5O2. The second-order valence-corrected chi connectivity index (χ2v) is 7.86. The SMILES string of the molecule is COC1CCN(C(=O)c2cnc3cncc(-c4ccc(-c5cnn(C)c5)cc4)c3c2)C1. The number of hydrogen-bond donors (Lipinski definition) is 0. The molecule has 0 spiro atoms. The van der Waals surface area contributed by atoms with E-state index in [1.165, 1.54) is 0 Å². The van der Waals surface area contributed by atoms with Crippen LogP contribution in [-0.2, 0) is 11.8 Å². The van der Waals surface area contributed by atoms with Crippen molar-refractivity contribution in [3.05, 3.63) is 66.9 Å². The molecule has 1 atom stereocenters. The zero-order chi connectivity index (χ0) is 21.4. The minimum atomic E-state index is -0.0105. The number of amides is 1. The number of rotatable bonds is 4. The van der Waals surface area contributed by atoms with Gasteiger partial charge in [0.25, 0.3) is 5.91 Å². The summed E-state index contributed by atoms with van der Waals surface area (Å²) in [7, 11) is 3.60. The van der Waals surface area contributed by atoms with Gasteiger partial charge < -0.3 is 9.64 Å². The zero-order valence-corrected chi connectivity index (χ0v) is 17.5. The quantitative estimate of drug-likeness (QED) is 0.512. The lowest BCUT2D eigenvalue weighted by Gasteiger charge is -2.16. The minimum absolute atomic E-state index is 0.0105. The van der Waals surface area contributed by atoms with Gasteiger partial charge >= 0.3 is 0 Å². The first-order valence-corrected chi connectivity index (χ1v) is 10.3. The molecule has 1 unspecified atom stereocenters. The normalized spacial score (nSPS) is 16.2. The molecule has 1 fully saturated rings. The van der Waals surface area contributed by atoms with Gasteiger partial charge in [-0.1, -0.05) is 24.3 Å². The van der Waals surface area contributed by atoms with E-state index in [4.69, 9.17) is 4.74 Å². The van der Waals surface area contributed by atoms with E-state index in [9.17, 15) is 4.79 Å². The maximum Gasteiger partial charge on any atom is 0.255 e. The van der Waals surface area contributed by atoms with E-state index in [-0.39, 0.29) is 12.0 Å². The number of benzene rings is 1. The van der Waals surface area contributed by atoms with E-state index < -0.39 is 0 Å². The number of aryl methyl sites for hydroxylation is 1. The Morgan fingerprint density at radius 3 is 2.58 bits per heavy atom. The van der Waals surface area contributed by atoms with Crippen LogP contribution in [0, 0.1) is 0 Å². The first-order valence-electron chi connectivity index (χ1n) is 10.3. The van der Waals surface area contributed by atoms with Gasteiger partial charge in [-0.25, -0.2) is 0 Å². The second kappa shape index (κ2) is 7.92. The molecule has 5 rings (SSSR count). The molecule has 1 saturated heterocycles. The van der Waals surface area contributed by atoms with Gasteiger partial charge in [0.15, 0.2) is 0 Å². The summed E-state index contributed by atoms with van der Waals surface area (Å²) >= 11 is 0. The van der Waals surface area contributed by atoms with Gasteiger partial charge in [0, 0.05) is 62.4 Å². The zero-order valence-electron chi connectivity index (χ0n) is 17.5. The Hall–Kier alpha value is -3.58. The molecule has 1 aromatic carbocycles. The number of pyridine rings is 2. The third-order valence-electron chi connectivity index (χ3n) is 5.86. The van der Waals surface area contributed by atoms with E-state index in [2.05, 4.69) is 39.3 Å². The van der Waals surface area contributed by atoms with Crippen molar-refractivity contribution in [1.29, 1.82) is 0 Å². The first kappa shape index (κ1) is 19.4. The van der Waals surface area contributed by atoms with E-state index in [1.807, 2.05) is 36.6 Å². The predicted molar refractivity (Wildman–Crippen MR) is 118 cm³/mol. The van der Waals surface area contributed by atoms with Crippen LogP contribution >= 0.6 is 0 Å². The number of ether oxygens (including phenoxy) is 1. The number of hydrogen-bond acceptors (Lipinski definition) is 5. The number of methoxy groups -OCH3 is 1. The van der Waals surface area contributed by atoms with E-state index in [1.54, 1.807) is 24.2 Å². The number of carbonyl (C=O) groups excluding carboxylic acids is 1. The lowest BCUT2D eigenvalue weighted by atomic mass is 9.99. The van der Waals surface area contributed by atoms with Crippen LogP contribution < -0.4 is 0 Å². The number of likely N-dealkylation sites (tertiary alicyclic amines) is 1. The maximum absolute atomic E-state index is 13.0. The molecule has 0 bridgehead atoms. The summed E-state index contributed by atoms with van der Waals surface area (Å²) in [5, 5.41) is 5.15. The molecule has 3 aromatic heterocycles. The highest BCUT2D eigenvalue weighted by molar-refractivity contribution is 6.01. The lowest BCUT2D eigenvalue weighted by Crippen LogP contribution is -2.30. The molecule has 4 heterocycles. The van der Waals surface area contributed by atoms with Crippen molar-refractivity contribution in [2.75, 3.05) is 20.2 Å². The van der Waals surface area contributed by atoms with Crippen molar-refractivity contribution >= 4 is 16.8 Å². The van der Waals surface area contributed by atoms with Gasteiger partial charge in [-0.3, -0.25) is 19.4 Å². The molecule has 156 valence electrons. The van der Waals surface area contributed by atoms with Crippen molar-refractivity contribution in [3.63, 3.8) is 0 Å². The first-order chi connectivity index (χ1) is 15.1. The number of fused-ring (bicyclic) bond motifs is 1. The van der Waals surface area contributed by atoms with Crippen molar-refractivity contribution < 1.29 is 9.53 Å². The number of carbonyl (C=O) groups is 1. The summed E-state index contributed by atoms with van der Waals surface area (Å²) in [6, 6.07) is 10.2. The van der Waals surface area contributed by atoms with Gasteiger partial charge in [-0.15, -0.1) is 0 Å². The Kier molecular flexibility index (Phi) is 4.95. The van der Waals surface area contributed by atoms with Gasteiger partial charge in [-0.05, 0) is 23.6 Å². The van der Waals surface area contributed by atoms with Crippen LogP contribution in [0.2, 0.25) is 0 Å². The maximum atomic E-state index is 13.0. The molecule has 0 N–H and O–H groups in total. The average molecular weight is 413 g/mol. The Balaban J connectivity index is 1.49. The molecule has 1 amide bonds. The summed E-state index contributed by atoms with van der Waals surface area (Å²) in [6.45, 7) is 1.32. The summed E-state index contributed by atoms with van der Waals surface area (Å²) < 4.78 is 7.18. The Morgan fingerprint density at radius 2 is 1.87 bits per heavy atom. The van der Waals surface area contributed by atoms with Crippen LogP contribution in [0.4, 0.5) is 0 Å². The van der Waals surface area contributed by atoms with Crippen LogP contribution in [0.1, 0.15) is 16.8 Å². The lowest BCUT2D eigenvalue weighted by molar-refractivity contribution is 0.0724. The third-order valence-corrected chi connectivity index (χ3v) is 5.86. The van der Waals surface area contributed by atoms with Crippen LogP contribution in [0.25, 0.3) is 33.2 Å². The molecule has 31 heavy (non-hydrogen) atoms. The summed E-state index contributed by atoms with van der Waals surface area (Å²) in [6.07, 6.45) is 10.0. The molecule has 0 radical (unpaired) electrons. The van der Waals surface area contributed by atoms with E-state index >= 15 is 0 Å². The second-order valence-electron chi connectivity index (χ2n) is 7.86. The van der Waals surface area contributed by atoms with Gasteiger partial charge in [0.05, 0.1) is 29.6 Å². The third kappa shape index (κ3) is 3.68. The molecular weight excluding hydrogens is 390 g/mol. The predicted octanol–water partition coefficient (Wildman–Crippen LogP) is 3.56. The van der Waals surface area contributed by atoms with Crippen molar-refractivity contribution in [2.45, 2.75) is 12.5 Å². The highest BCUT2D eigenvalue weighted by Gasteiger charge is 2.27. The van der Waals surface area contributed by atoms with Crippen LogP contribution in [0.3, 0.4) is 0 Å². The fraction of sp³-hybridized carbons (Fsp3) is 0.250. The molecule has 1 aliphatic heterocycles. The molecule has 0 saturated carbocycles. The number of aromatic nitrogens is 4. The molecule has 7 nitrogen and oxygen atoms in total. The van der Waals surface area contributed by atoms with Crippen LogP contribution in [0.15, 0.2) is 61.3 Å². The highest BCUT2D eigenvalue weighted by Crippen LogP contribution is 2.30. The van der Waals surface area contributed by atoms with Crippen LogP contribution in [-0.4, -0.2) is 56.9 Å². The minimum Gasteiger partial charge on any atom is -0.380 e. The fourth-order valence-electron chi connectivity index (χ4n) is 4.09. The van der Waals surface area contributed by atoms with E-state index in [0.717, 1.165) is 39.6 Å². The Morgan fingerprint density at radius 1 is 1.06 bits per heavy atom. The Labute approximate surface area is 180 Å². The Bertz CT molecular complexity index is 1250. The molecule has 0 aliphatic carbocycles. The van der Waals surface area contributed by atoms with E-state index in [0.29, 0.717) is 18.7 Å².